The van der Waals surface area contributed by atoms with E-state index in [0.29, 0.717) is 12.4 Å². The molecule has 1 aromatic carbocycles. The number of nitrogens with zero attached hydrogens (tertiary/aromatic N) is 3. The largest absolute Gasteiger partial charge is 0.316 e. The Morgan fingerprint density at radius 3 is 2.95 bits per heavy atom. The summed E-state index contributed by atoms with van der Waals surface area (Å²) < 4.78 is 15.0. The zero-order valence-corrected chi connectivity index (χ0v) is 10.5. The lowest BCUT2D eigenvalue weighted by molar-refractivity contribution is 0.613. The van der Waals surface area contributed by atoms with Gasteiger partial charge in [0.1, 0.15) is 5.82 Å². The minimum atomic E-state index is -0.342. The van der Waals surface area contributed by atoms with Gasteiger partial charge < -0.3 is 5.32 Å². The average molecular weight is 256 g/mol. The highest BCUT2D eigenvalue weighted by atomic mass is 19.1. The number of hydrogen-bond donors (Lipinski definition) is 1. The van der Waals surface area contributed by atoms with Crippen LogP contribution < -0.4 is 5.32 Å². The van der Waals surface area contributed by atoms with Crippen LogP contribution in [0.5, 0.6) is 0 Å². The van der Waals surface area contributed by atoms with Crippen molar-refractivity contribution in [1.29, 1.82) is 0 Å². The third kappa shape index (κ3) is 2.08. The fourth-order valence-corrected chi connectivity index (χ4v) is 2.13. The molecule has 0 unspecified atom stereocenters. The lowest BCUT2D eigenvalue weighted by Gasteiger charge is -2.09. The molecule has 1 N–H and O–H groups in total. The molecule has 0 bridgehead atoms. The molecular formula is C14H13FN4. The Hall–Kier alpha value is -2.27. The first kappa shape index (κ1) is 11.8. The summed E-state index contributed by atoms with van der Waals surface area (Å²) in [5.74, 6) is 0.308. The van der Waals surface area contributed by atoms with Gasteiger partial charge in [-0.25, -0.2) is 14.1 Å². The molecule has 0 saturated heterocycles. The second-order valence-electron chi connectivity index (χ2n) is 4.28. The first-order valence-corrected chi connectivity index (χ1v) is 6.02. The predicted octanol–water partition coefficient (Wildman–Crippen LogP) is 2.28. The maximum absolute atomic E-state index is 13.3. The summed E-state index contributed by atoms with van der Waals surface area (Å²) in [6, 6.07) is 9.34. The highest BCUT2D eigenvalue weighted by Crippen LogP contribution is 2.19. The van der Waals surface area contributed by atoms with E-state index in [0.717, 1.165) is 16.5 Å². The molecule has 3 aromatic rings. The Morgan fingerprint density at radius 2 is 2.11 bits per heavy atom. The number of benzene rings is 1. The van der Waals surface area contributed by atoms with Crippen molar-refractivity contribution >= 4 is 10.9 Å². The Labute approximate surface area is 109 Å². The van der Waals surface area contributed by atoms with Crippen molar-refractivity contribution in [2.45, 2.75) is 6.54 Å². The third-order valence-electron chi connectivity index (χ3n) is 2.95. The summed E-state index contributed by atoms with van der Waals surface area (Å²) in [6.07, 6.45) is 2.99. The van der Waals surface area contributed by atoms with Gasteiger partial charge in [-0.05, 0) is 19.2 Å². The zero-order valence-electron chi connectivity index (χ0n) is 10.5. The molecule has 3 rings (SSSR count). The second kappa shape index (κ2) is 4.78. The molecule has 0 amide bonds. The third-order valence-corrected chi connectivity index (χ3v) is 2.95. The molecule has 0 spiro atoms. The summed E-state index contributed by atoms with van der Waals surface area (Å²) >= 11 is 0. The van der Waals surface area contributed by atoms with Gasteiger partial charge in [-0.3, -0.25) is 0 Å². The van der Waals surface area contributed by atoms with Crippen LogP contribution in [0.1, 0.15) is 5.56 Å². The summed E-state index contributed by atoms with van der Waals surface area (Å²) in [4.78, 5) is 4.17. The van der Waals surface area contributed by atoms with Crippen molar-refractivity contribution in [2.24, 2.45) is 0 Å². The molecule has 5 heteroatoms. The lowest BCUT2D eigenvalue weighted by atomic mass is 10.2. The van der Waals surface area contributed by atoms with Crippen LogP contribution >= 0.6 is 0 Å². The topological polar surface area (TPSA) is 42.7 Å². The van der Waals surface area contributed by atoms with Crippen molar-refractivity contribution in [2.75, 3.05) is 7.05 Å². The van der Waals surface area contributed by atoms with E-state index >= 15 is 0 Å². The van der Waals surface area contributed by atoms with Gasteiger partial charge in [0.15, 0.2) is 5.82 Å². The highest BCUT2D eigenvalue weighted by Gasteiger charge is 2.11. The molecule has 0 saturated carbocycles. The predicted molar refractivity (Wildman–Crippen MR) is 71.6 cm³/mol. The number of hydrogen-bond acceptors (Lipinski definition) is 3. The number of halogens is 1. The van der Waals surface area contributed by atoms with E-state index in [4.69, 9.17) is 0 Å². The van der Waals surface area contributed by atoms with Crippen molar-refractivity contribution in [3.8, 4) is 5.82 Å². The second-order valence-corrected chi connectivity index (χ2v) is 4.28. The Morgan fingerprint density at radius 1 is 1.26 bits per heavy atom. The van der Waals surface area contributed by atoms with Crippen LogP contribution in [0, 0.1) is 5.82 Å². The first-order chi connectivity index (χ1) is 9.29. The fourth-order valence-electron chi connectivity index (χ4n) is 2.13. The molecule has 96 valence electrons. The van der Waals surface area contributed by atoms with Crippen molar-refractivity contribution in [1.82, 2.24) is 20.1 Å². The van der Waals surface area contributed by atoms with E-state index in [1.165, 1.54) is 12.3 Å². The van der Waals surface area contributed by atoms with Gasteiger partial charge >= 0.3 is 0 Å². The smallest absolute Gasteiger partial charge is 0.158 e. The standard InChI is InChI=1S/C14H13FN4/c1-16-7-11-6-12(15)9-17-14(11)19-13-5-3-2-4-10(13)8-18-19/h2-6,8-9,16H,7H2,1H3. The number of pyridine rings is 1. The van der Waals surface area contributed by atoms with Crippen LogP contribution in [0.15, 0.2) is 42.7 Å². The molecule has 0 aliphatic carbocycles. The van der Waals surface area contributed by atoms with Gasteiger partial charge in [0.25, 0.3) is 0 Å². The number of aromatic nitrogens is 3. The molecule has 0 atom stereocenters. The molecule has 0 fully saturated rings. The number of nitrogens with one attached hydrogen (secondary N) is 1. The average Bonchev–Trinajstić information content (AvgIpc) is 2.83. The minimum Gasteiger partial charge on any atom is -0.316 e. The molecule has 0 radical (unpaired) electrons. The van der Waals surface area contributed by atoms with Crippen molar-refractivity contribution < 1.29 is 4.39 Å². The molecule has 4 nitrogen and oxygen atoms in total. The number of para-hydroxylation sites is 1. The molecule has 0 aliphatic heterocycles. The SMILES string of the molecule is CNCc1cc(F)cnc1-n1ncc2ccccc21. The van der Waals surface area contributed by atoms with E-state index in [2.05, 4.69) is 15.4 Å². The van der Waals surface area contributed by atoms with Crippen LogP contribution in [0.4, 0.5) is 4.39 Å². The lowest BCUT2D eigenvalue weighted by Crippen LogP contribution is -2.11. The first-order valence-electron chi connectivity index (χ1n) is 6.02. The maximum atomic E-state index is 13.3. The molecule has 2 aromatic heterocycles. The quantitative estimate of drug-likeness (QED) is 0.781. The molecule has 19 heavy (non-hydrogen) atoms. The van der Waals surface area contributed by atoms with Gasteiger partial charge in [0.2, 0.25) is 0 Å². The van der Waals surface area contributed by atoms with Gasteiger partial charge in [-0.15, -0.1) is 0 Å². The van der Waals surface area contributed by atoms with Gasteiger partial charge in [-0.2, -0.15) is 5.10 Å². The van der Waals surface area contributed by atoms with E-state index < -0.39 is 0 Å². The van der Waals surface area contributed by atoms with Crippen LogP contribution in [0.25, 0.3) is 16.7 Å². The molecular weight excluding hydrogens is 243 g/mol. The normalized spacial score (nSPS) is 11.1. The summed E-state index contributed by atoms with van der Waals surface area (Å²) in [5, 5.41) is 8.39. The Bertz CT molecular complexity index is 720. The molecule has 2 heterocycles. The van der Waals surface area contributed by atoms with Crippen LogP contribution in [0.2, 0.25) is 0 Å². The number of rotatable bonds is 3. The van der Waals surface area contributed by atoms with E-state index in [9.17, 15) is 4.39 Å². The van der Waals surface area contributed by atoms with E-state index in [-0.39, 0.29) is 5.82 Å². The van der Waals surface area contributed by atoms with Crippen molar-refractivity contribution in [3.63, 3.8) is 0 Å². The van der Waals surface area contributed by atoms with Crippen molar-refractivity contribution in [3.05, 3.63) is 54.1 Å². The zero-order chi connectivity index (χ0) is 13.2. The Kier molecular flexibility index (Phi) is 2.97. The van der Waals surface area contributed by atoms with Gasteiger partial charge in [0, 0.05) is 17.5 Å². The Balaban J connectivity index is 2.21. The summed E-state index contributed by atoms with van der Waals surface area (Å²) in [6.45, 7) is 0.536. The van der Waals surface area contributed by atoms with Crippen LogP contribution in [-0.2, 0) is 6.54 Å². The fraction of sp³-hybridized carbons (Fsp3) is 0.143. The highest BCUT2D eigenvalue weighted by molar-refractivity contribution is 5.79. The maximum Gasteiger partial charge on any atom is 0.158 e. The minimum absolute atomic E-state index is 0.342. The summed E-state index contributed by atoms with van der Waals surface area (Å²) in [5.41, 5.74) is 1.73. The van der Waals surface area contributed by atoms with E-state index in [1.807, 2.05) is 31.3 Å². The van der Waals surface area contributed by atoms with Gasteiger partial charge in [0.05, 0.1) is 17.9 Å². The van der Waals surface area contributed by atoms with Crippen LogP contribution in [0.3, 0.4) is 0 Å². The number of fused-ring (bicyclic) bond motifs is 1. The van der Waals surface area contributed by atoms with Gasteiger partial charge in [-0.1, -0.05) is 18.2 Å². The van der Waals surface area contributed by atoms with Crippen LogP contribution in [-0.4, -0.2) is 21.8 Å². The summed E-state index contributed by atoms with van der Waals surface area (Å²) in [7, 11) is 1.82. The molecule has 0 aliphatic rings. The monoisotopic (exact) mass is 256 g/mol. The van der Waals surface area contributed by atoms with E-state index in [1.54, 1.807) is 10.9 Å².